The minimum atomic E-state index is 0.888. The minimum Gasteiger partial charge on any atom is -0.455 e. The summed E-state index contributed by atoms with van der Waals surface area (Å²) in [6, 6.07) is 75.9. The van der Waals surface area contributed by atoms with Gasteiger partial charge in [-0.25, -0.2) is 0 Å². The lowest BCUT2D eigenvalue weighted by atomic mass is 9.96. The van der Waals surface area contributed by atoms with Crippen LogP contribution >= 0.6 is 0 Å². The fraction of sp³-hybridized carbons (Fsp3) is 0. The maximum atomic E-state index is 6.52. The van der Waals surface area contributed by atoms with Gasteiger partial charge in [0, 0.05) is 33.0 Å². The van der Waals surface area contributed by atoms with Gasteiger partial charge in [0.2, 0.25) is 0 Å². The lowest BCUT2D eigenvalue weighted by Gasteiger charge is -2.30. The number of hydrogen-bond acceptors (Lipinski definition) is 2. The van der Waals surface area contributed by atoms with Crippen molar-refractivity contribution in [3.05, 3.63) is 212 Å². The van der Waals surface area contributed by atoms with Gasteiger partial charge in [-0.15, -0.1) is 0 Å². The molecule has 1 heterocycles. The maximum absolute atomic E-state index is 6.52. The fourth-order valence-electron chi connectivity index (χ4n) is 7.83. The Morgan fingerprint density at radius 2 is 0.870 bits per heavy atom. The van der Waals surface area contributed by atoms with Crippen LogP contribution in [0.3, 0.4) is 0 Å². The van der Waals surface area contributed by atoms with Gasteiger partial charge in [0.25, 0.3) is 0 Å². The highest BCUT2D eigenvalue weighted by atomic mass is 16.3. The van der Waals surface area contributed by atoms with Gasteiger partial charge < -0.3 is 9.32 Å². The van der Waals surface area contributed by atoms with E-state index in [1.807, 2.05) is 0 Å². The molecule has 0 saturated heterocycles. The SMILES string of the molecule is c1ccc(-c2ccc(-c3ccccc3N(c3cccc(-c4ccccc4)c3)c3ccccc3-c3ccc4oc5c6ccccc6ccc5c4c3)cc2)cc1. The number of furan rings is 1. The number of hydrogen-bond donors (Lipinski definition) is 0. The summed E-state index contributed by atoms with van der Waals surface area (Å²) in [5, 5.41) is 4.54. The molecule has 0 aliphatic carbocycles. The van der Waals surface area contributed by atoms with Gasteiger partial charge in [0.05, 0.1) is 11.4 Å². The Morgan fingerprint density at radius 1 is 0.315 bits per heavy atom. The summed E-state index contributed by atoms with van der Waals surface area (Å²) in [5.41, 5.74) is 14.4. The van der Waals surface area contributed by atoms with E-state index in [9.17, 15) is 0 Å². The average molecular weight is 690 g/mol. The molecule has 0 aliphatic heterocycles. The molecule has 0 fully saturated rings. The van der Waals surface area contributed by atoms with Crippen LogP contribution in [0, 0.1) is 0 Å². The van der Waals surface area contributed by atoms with Gasteiger partial charge in [0.1, 0.15) is 11.2 Å². The zero-order valence-electron chi connectivity index (χ0n) is 29.6. The molecule has 0 amide bonds. The highest BCUT2D eigenvalue weighted by molar-refractivity contribution is 6.15. The van der Waals surface area contributed by atoms with Crippen molar-refractivity contribution in [3.63, 3.8) is 0 Å². The van der Waals surface area contributed by atoms with E-state index in [2.05, 4.69) is 217 Å². The van der Waals surface area contributed by atoms with Crippen molar-refractivity contribution in [3.8, 4) is 44.5 Å². The molecule has 10 rings (SSSR count). The van der Waals surface area contributed by atoms with Gasteiger partial charge in [-0.05, 0) is 81.2 Å². The molecule has 1 aromatic heterocycles. The first kappa shape index (κ1) is 31.6. The van der Waals surface area contributed by atoms with Crippen molar-refractivity contribution < 1.29 is 4.42 Å². The average Bonchev–Trinajstić information content (AvgIpc) is 3.64. The molecule has 254 valence electrons. The van der Waals surface area contributed by atoms with Crippen LogP contribution in [-0.2, 0) is 0 Å². The molecule has 0 atom stereocenters. The van der Waals surface area contributed by atoms with Crippen LogP contribution in [0.25, 0.3) is 77.2 Å². The number of para-hydroxylation sites is 2. The fourth-order valence-corrected chi connectivity index (χ4v) is 7.83. The van der Waals surface area contributed by atoms with E-state index in [0.717, 1.165) is 66.6 Å². The second-order valence-electron chi connectivity index (χ2n) is 13.7. The van der Waals surface area contributed by atoms with Crippen LogP contribution in [0.5, 0.6) is 0 Å². The Morgan fingerprint density at radius 3 is 1.61 bits per heavy atom. The Bertz CT molecular complexity index is 2920. The second kappa shape index (κ2) is 13.4. The molecular formula is C52H35NO. The molecule has 0 spiro atoms. The summed E-state index contributed by atoms with van der Waals surface area (Å²) >= 11 is 0. The van der Waals surface area contributed by atoms with Crippen LogP contribution in [0.1, 0.15) is 0 Å². The third-order valence-electron chi connectivity index (χ3n) is 10.5. The Kier molecular flexibility index (Phi) is 7.85. The van der Waals surface area contributed by atoms with Crippen molar-refractivity contribution in [2.24, 2.45) is 0 Å². The third-order valence-corrected chi connectivity index (χ3v) is 10.5. The standard InChI is InChI=1S/C52H35NO/c1-3-14-36(15-4-1)38-26-28-40(29-27-38)44-21-9-11-24-49(44)53(43-20-13-19-41(34-43)37-16-5-2-6-17-37)50-25-12-10-22-45(50)42-31-33-51-48(35-42)47-32-30-39-18-7-8-23-46(39)52(47)54-51/h1-35H. The van der Waals surface area contributed by atoms with Crippen molar-refractivity contribution >= 4 is 49.8 Å². The molecule has 0 N–H and O–H groups in total. The summed E-state index contributed by atoms with van der Waals surface area (Å²) in [4.78, 5) is 2.42. The van der Waals surface area contributed by atoms with E-state index >= 15 is 0 Å². The minimum absolute atomic E-state index is 0.888. The van der Waals surface area contributed by atoms with Gasteiger partial charge in [-0.3, -0.25) is 0 Å². The zero-order chi connectivity index (χ0) is 35.8. The normalized spacial score (nSPS) is 11.3. The lowest BCUT2D eigenvalue weighted by Crippen LogP contribution is -2.12. The van der Waals surface area contributed by atoms with Crippen molar-refractivity contribution in [1.29, 1.82) is 0 Å². The molecule has 54 heavy (non-hydrogen) atoms. The Hall–Kier alpha value is -7.16. The molecule has 9 aromatic carbocycles. The van der Waals surface area contributed by atoms with Gasteiger partial charge in [-0.2, -0.15) is 0 Å². The number of rotatable bonds is 7. The first-order valence-corrected chi connectivity index (χ1v) is 18.4. The van der Waals surface area contributed by atoms with E-state index in [1.54, 1.807) is 0 Å². The van der Waals surface area contributed by atoms with E-state index in [-0.39, 0.29) is 0 Å². The van der Waals surface area contributed by atoms with Crippen molar-refractivity contribution in [2.75, 3.05) is 4.90 Å². The van der Waals surface area contributed by atoms with Crippen molar-refractivity contribution in [1.82, 2.24) is 0 Å². The largest absolute Gasteiger partial charge is 0.455 e. The van der Waals surface area contributed by atoms with E-state index in [0.29, 0.717) is 0 Å². The molecule has 2 nitrogen and oxygen atoms in total. The lowest BCUT2D eigenvalue weighted by molar-refractivity contribution is 0.672. The molecule has 0 bridgehead atoms. The van der Waals surface area contributed by atoms with Gasteiger partial charge >= 0.3 is 0 Å². The highest BCUT2D eigenvalue weighted by Crippen LogP contribution is 2.46. The molecular weight excluding hydrogens is 655 g/mol. The quantitative estimate of drug-likeness (QED) is 0.166. The summed E-state index contributed by atoms with van der Waals surface area (Å²) in [7, 11) is 0. The van der Waals surface area contributed by atoms with Crippen LogP contribution < -0.4 is 4.90 Å². The summed E-state index contributed by atoms with van der Waals surface area (Å²) in [5.74, 6) is 0. The number of benzene rings is 9. The molecule has 0 radical (unpaired) electrons. The topological polar surface area (TPSA) is 16.4 Å². The number of nitrogens with zero attached hydrogens (tertiary/aromatic N) is 1. The highest BCUT2D eigenvalue weighted by Gasteiger charge is 2.21. The van der Waals surface area contributed by atoms with E-state index in [4.69, 9.17) is 4.42 Å². The van der Waals surface area contributed by atoms with E-state index < -0.39 is 0 Å². The Balaban J connectivity index is 1.16. The smallest absolute Gasteiger partial charge is 0.143 e. The maximum Gasteiger partial charge on any atom is 0.143 e. The third kappa shape index (κ3) is 5.62. The predicted molar refractivity (Wildman–Crippen MR) is 228 cm³/mol. The van der Waals surface area contributed by atoms with Crippen LogP contribution in [-0.4, -0.2) is 0 Å². The summed E-state index contributed by atoms with van der Waals surface area (Å²) in [6.45, 7) is 0. The molecule has 0 aliphatic rings. The zero-order valence-corrected chi connectivity index (χ0v) is 29.6. The van der Waals surface area contributed by atoms with Gasteiger partial charge in [-0.1, -0.05) is 170 Å². The molecule has 0 unspecified atom stereocenters. The predicted octanol–water partition coefficient (Wildman–Crippen LogP) is 14.9. The Labute approximate surface area is 314 Å². The van der Waals surface area contributed by atoms with Crippen LogP contribution in [0.4, 0.5) is 17.1 Å². The first-order chi connectivity index (χ1) is 26.8. The van der Waals surface area contributed by atoms with Crippen molar-refractivity contribution in [2.45, 2.75) is 0 Å². The number of fused-ring (bicyclic) bond motifs is 5. The number of anilines is 3. The van der Waals surface area contributed by atoms with E-state index in [1.165, 1.54) is 27.6 Å². The van der Waals surface area contributed by atoms with Crippen LogP contribution in [0.15, 0.2) is 217 Å². The molecule has 0 saturated carbocycles. The first-order valence-electron chi connectivity index (χ1n) is 18.4. The summed E-state index contributed by atoms with van der Waals surface area (Å²) < 4.78 is 6.52. The summed E-state index contributed by atoms with van der Waals surface area (Å²) in [6.07, 6.45) is 0. The molecule has 2 heteroatoms. The van der Waals surface area contributed by atoms with Gasteiger partial charge in [0.15, 0.2) is 0 Å². The second-order valence-corrected chi connectivity index (χ2v) is 13.7. The van der Waals surface area contributed by atoms with Crippen LogP contribution in [0.2, 0.25) is 0 Å². The molecule has 10 aromatic rings. The monoisotopic (exact) mass is 689 g/mol.